The summed E-state index contributed by atoms with van der Waals surface area (Å²) in [5.74, 6) is -0.00689. The Hall–Kier alpha value is -2.43. The van der Waals surface area contributed by atoms with Gasteiger partial charge in [0.25, 0.3) is 5.69 Å². The molecular weight excluding hydrogens is 244 g/mol. The van der Waals surface area contributed by atoms with Gasteiger partial charge in [0.05, 0.1) is 10.6 Å². The van der Waals surface area contributed by atoms with E-state index in [0.717, 1.165) is 0 Å². The molecule has 1 heterocycles. The second-order valence-corrected chi connectivity index (χ2v) is 4.28. The number of ketones is 1. The van der Waals surface area contributed by atoms with Gasteiger partial charge in [0.1, 0.15) is 0 Å². The zero-order chi connectivity index (χ0) is 13.8. The lowest BCUT2D eigenvalue weighted by atomic mass is 10.1. The normalized spacial score (nSPS) is 10.4. The lowest BCUT2D eigenvalue weighted by molar-refractivity contribution is -0.385. The second kappa shape index (κ2) is 5.48. The summed E-state index contributed by atoms with van der Waals surface area (Å²) in [5, 5.41) is 10.9. The first kappa shape index (κ1) is 13.0. The number of aryl methyl sites for hydroxylation is 2. The highest BCUT2D eigenvalue weighted by Gasteiger charge is 2.13. The van der Waals surface area contributed by atoms with Crippen LogP contribution in [0.4, 0.5) is 5.69 Å². The molecule has 0 atom stereocenters. The van der Waals surface area contributed by atoms with Crippen LogP contribution in [0.15, 0.2) is 42.6 Å². The molecule has 1 aromatic carbocycles. The van der Waals surface area contributed by atoms with E-state index in [-0.39, 0.29) is 16.4 Å². The van der Waals surface area contributed by atoms with Crippen LogP contribution < -0.4 is 0 Å². The maximum atomic E-state index is 11.4. The lowest BCUT2D eigenvalue weighted by Gasteiger charge is -2.07. The molecule has 5 nitrogen and oxygen atoms in total. The molecule has 0 spiro atoms. The molecule has 0 saturated carbocycles. The number of hydrogen-bond donors (Lipinski definition) is 0. The Labute approximate surface area is 110 Å². The van der Waals surface area contributed by atoms with Gasteiger partial charge >= 0.3 is 0 Å². The van der Waals surface area contributed by atoms with Crippen LogP contribution in [0.2, 0.25) is 0 Å². The van der Waals surface area contributed by atoms with Gasteiger partial charge in [-0.3, -0.25) is 14.9 Å². The SMILES string of the molecule is CC(=O)c1cccn1CCc1ccccc1[N+](=O)[O-]. The summed E-state index contributed by atoms with van der Waals surface area (Å²) < 4.78 is 1.82. The molecule has 0 saturated heterocycles. The fourth-order valence-electron chi connectivity index (χ4n) is 2.07. The average Bonchev–Trinajstić information content (AvgIpc) is 2.85. The Morgan fingerprint density at radius 3 is 2.68 bits per heavy atom. The van der Waals surface area contributed by atoms with Crippen LogP contribution in [-0.4, -0.2) is 15.3 Å². The summed E-state index contributed by atoms with van der Waals surface area (Å²) >= 11 is 0. The predicted molar refractivity (Wildman–Crippen MR) is 71.2 cm³/mol. The van der Waals surface area contributed by atoms with Crippen LogP contribution in [0.5, 0.6) is 0 Å². The predicted octanol–water partition coefficient (Wildman–Crippen LogP) is 2.84. The molecule has 0 fully saturated rings. The number of carbonyl (C=O) groups excluding carboxylic acids is 1. The van der Waals surface area contributed by atoms with Crippen molar-refractivity contribution >= 4 is 11.5 Å². The van der Waals surface area contributed by atoms with Crippen molar-refractivity contribution in [3.8, 4) is 0 Å². The molecule has 0 bridgehead atoms. The van der Waals surface area contributed by atoms with Gasteiger partial charge in [0, 0.05) is 31.3 Å². The summed E-state index contributed by atoms with van der Waals surface area (Å²) in [5.41, 5.74) is 1.42. The van der Waals surface area contributed by atoms with Gasteiger partial charge in [-0.2, -0.15) is 0 Å². The molecule has 0 radical (unpaired) electrons. The van der Waals surface area contributed by atoms with E-state index >= 15 is 0 Å². The number of hydrogen-bond acceptors (Lipinski definition) is 3. The van der Waals surface area contributed by atoms with Gasteiger partial charge in [0.15, 0.2) is 5.78 Å². The number of benzene rings is 1. The molecule has 2 aromatic rings. The topological polar surface area (TPSA) is 65.1 Å². The van der Waals surface area contributed by atoms with Crippen molar-refractivity contribution in [3.05, 3.63) is 64.0 Å². The maximum Gasteiger partial charge on any atom is 0.272 e. The molecule has 1 aromatic heterocycles. The lowest BCUT2D eigenvalue weighted by Crippen LogP contribution is -2.08. The van der Waals surface area contributed by atoms with Crippen molar-refractivity contribution in [1.29, 1.82) is 0 Å². The van der Waals surface area contributed by atoms with E-state index < -0.39 is 0 Å². The quantitative estimate of drug-likeness (QED) is 0.470. The fourth-order valence-corrected chi connectivity index (χ4v) is 2.07. The average molecular weight is 258 g/mol. The van der Waals surface area contributed by atoms with Crippen LogP contribution in [0.3, 0.4) is 0 Å². The summed E-state index contributed by atoms with van der Waals surface area (Å²) in [4.78, 5) is 21.9. The molecule has 0 N–H and O–H groups in total. The number of nitro benzene ring substituents is 1. The summed E-state index contributed by atoms with van der Waals surface area (Å²) in [6, 6.07) is 10.2. The number of aromatic nitrogens is 1. The molecule has 0 aliphatic heterocycles. The van der Waals surface area contributed by atoms with E-state index in [1.165, 1.54) is 13.0 Å². The molecule has 0 aliphatic carbocycles. The first-order valence-corrected chi connectivity index (χ1v) is 5.98. The van der Waals surface area contributed by atoms with Crippen LogP contribution in [0.1, 0.15) is 23.0 Å². The van der Waals surface area contributed by atoms with Crippen molar-refractivity contribution in [2.24, 2.45) is 0 Å². The standard InChI is InChI=1S/C14H14N2O3/c1-11(17)13-7-4-9-15(13)10-8-12-5-2-3-6-14(12)16(18)19/h2-7,9H,8,10H2,1H3. The maximum absolute atomic E-state index is 11.4. The van der Waals surface area contributed by atoms with E-state index in [4.69, 9.17) is 0 Å². The highest BCUT2D eigenvalue weighted by Crippen LogP contribution is 2.19. The Morgan fingerprint density at radius 1 is 1.26 bits per heavy atom. The third kappa shape index (κ3) is 2.88. The monoisotopic (exact) mass is 258 g/mol. The number of nitrogens with zero attached hydrogens (tertiary/aromatic N) is 2. The van der Waals surface area contributed by atoms with E-state index in [1.54, 1.807) is 30.3 Å². The number of Topliss-reactive ketones (excluding diaryl/α,β-unsaturated/α-hetero) is 1. The molecule has 98 valence electrons. The van der Waals surface area contributed by atoms with E-state index in [9.17, 15) is 14.9 Å². The van der Waals surface area contributed by atoms with E-state index in [2.05, 4.69) is 0 Å². The molecule has 0 aliphatic rings. The highest BCUT2D eigenvalue weighted by atomic mass is 16.6. The van der Waals surface area contributed by atoms with Gasteiger partial charge < -0.3 is 4.57 Å². The molecule has 0 amide bonds. The van der Waals surface area contributed by atoms with Crippen molar-refractivity contribution in [3.63, 3.8) is 0 Å². The van der Waals surface area contributed by atoms with Crippen LogP contribution in [0, 0.1) is 10.1 Å². The zero-order valence-electron chi connectivity index (χ0n) is 10.6. The van der Waals surface area contributed by atoms with Crippen LogP contribution in [0.25, 0.3) is 0 Å². The number of rotatable bonds is 5. The molecule has 19 heavy (non-hydrogen) atoms. The summed E-state index contributed by atoms with van der Waals surface area (Å²) in [6.45, 7) is 2.06. The van der Waals surface area contributed by atoms with Crippen molar-refractivity contribution < 1.29 is 9.72 Å². The molecular formula is C14H14N2O3. The second-order valence-electron chi connectivity index (χ2n) is 4.28. The Kier molecular flexibility index (Phi) is 3.75. The van der Waals surface area contributed by atoms with Crippen LogP contribution in [-0.2, 0) is 13.0 Å². The fraction of sp³-hybridized carbons (Fsp3) is 0.214. The Balaban J connectivity index is 2.17. The third-order valence-electron chi connectivity index (χ3n) is 3.00. The minimum atomic E-state index is -0.378. The third-order valence-corrected chi connectivity index (χ3v) is 3.00. The first-order valence-electron chi connectivity index (χ1n) is 5.98. The highest BCUT2D eigenvalue weighted by molar-refractivity contribution is 5.92. The molecule has 0 unspecified atom stereocenters. The zero-order valence-corrected chi connectivity index (χ0v) is 10.6. The summed E-state index contributed by atoms with van der Waals surface area (Å²) in [6.07, 6.45) is 2.33. The first-order chi connectivity index (χ1) is 9.09. The van der Waals surface area contributed by atoms with E-state index in [0.29, 0.717) is 24.2 Å². The smallest absolute Gasteiger partial charge is 0.272 e. The number of nitro groups is 1. The number of para-hydroxylation sites is 1. The van der Waals surface area contributed by atoms with Crippen molar-refractivity contribution in [2.45, 2.75) is 19.9 Å². The number of carbonyl (C=O) groups is 1. The minimum absolute atomic E-state index is 0.00689. The van der Waals surface area contributed by atoms with Crippen molar-refractivity contribution in [2.75, 3.05) is 0 Å². The van der Waals surface area contributed by atoms with Gasteiger partial charge in [-0.1, -0.05) is 18.2 Å². The van der Waals surface area contributed by atoms with Gasteiger partial charge in [-0.15, -0.1) is 0 Å². The molecule has 5 heteroatoms. The van der Waals surface area contributed by atoms with Gasteiger partial charge in [-0.25, -0.2) is 0 Å². The van der Waals surface area contributed by atoms with Crippen molar-refractivity contribution in [1.82, 2.24) is 4.57 Å². The Bertz CT molecular complexity index is 617. The van der Waals surface area contributed by atoms with Gasteiger partial charge in [0.2, 0.25) is 0 Å². The largest absolute Gasteiger partial charge is 0.345 e. The Morgan fingerprint density at radius 2 is 2.00 bits per heavy atom. The molecule has 2 rings (SSSR count). The van der Waals surface area contributed by atoms with Gasteiger partial charge in [-0.05, 0) is 18.6 Å². The summed E-state index contributed by atoms with van der Waals surface area (Å²) in [7, 11) is 0. The minimum Gasteiger partial charge on any atom is -0.345 e. The van der Waals surface area contributed by atoms with E-state index in [1.807, 2.05) is 10.8 Å². The van der Waals surface area contributed by atoms with Crippen LogP contribution >= 0.6 is 0 Å².